The van der Waals surface area contributed by atoms with Crippen LogP contribution in [0.2, 0.25) is 0 Å². The lowest BCUT2D eigenvalue weighted by Crippen LogP contribution is -2.36. The number of halogens is 1. The molecular weight excluding hydrogens is 326 g/mol. The van der Waals surface area contributed by atoms with Gasteiger partial charge in [0, 0.05) is 18.1 Å². The van der Waals surface area contributed by atoms with Gasteiger partial charge in [-0.15, -0.1) is 11.3 Å². The number of carbonyl (C=O) groups excluding carboxylic acids is 1. The summed E-state index contributed by atoms with van der Waals surface area (Å²) < 4.78 is 1.07. The van der Waals surface area contributed by atoms with Crippen molar-refractivity contribution in [3.63, 3.8) is 0 Å². The normalized spacial score (nSPS) is 10.2. The van der Waals surface area contributed by atoms with Crippen LogP contribution in [0.4, 0.5) is 4.79 Å². The summed E-state index contributed by atoms with van der Waals surface area (Å²) in [6, 6.07) is 9.54. The summed E-state index contributed by atoms with van der Waals surface area (Å²) in [5, 5.41) is 2.84. The molecule has 0 bridgehead atoms. The van der Waals surface area contributed by atoms with Gasteiger partial charge in [-0.1, -0.05) is 6.07 Å². The highest BCUT2D eigenvalue weighted by Crippen LogP contribution is 2.22. The maximum atomic E-state index is 11.9. The maximum Gasteiger partial charge on any atom is 0.317 e. The first kappa shape index (κ1) is 14.0. The van der Waals surface area contributed by atoms with E-state index < -0.39 is 0 Å². The second kappa shape index (κ2) is 6.68. The Balaban J connectivity index is 1.82. The van der Waals surface area contributed by atoms with E-state index in [1.54, 1.807) is 29.5 Å². The highest BCUT2D eigenvalue weighted by molar-refractivity contribution is 9.11. The van der Waals surface area contributed by atoms with E-state index in [1.165, 1.54) is 0 Å². The van der Waals surface area contributed by atoms with E-state index >= 15 is 0 Å². The van der Waals surface area contributed by atoms with Crippen molar-refractivity contribution in [2.45, 2.75) is 13.1 Å². The van der Waals surface area contributed by atoms with Crippen LogP contribution in [0.5, 0.6) is 0 Å². The molecule has 0 radical (unpaired) electrons. The topological polar surface area (TPSA) is 45.2 Å². The number of hydrogen-bond donors (Lipinski definition) is 1. The lowest BCUT2D eigenvalue weighted by molar-refractivity contribution is 0.206. The molecule has 0 aliphatic heterocycles. The number of thiophene rings is 1. The van der Waals surface area contributed by atoms with Crippen LogP contribution in [0.1, 0.15) is 10.6 Å². The molecule has 1 N–H and O–H groups in total. The molecule has 0 aromatic carbocycles. The number of amides is 2. The van der Waals surface area contributed by atoms with Crippen LogP contribution in [0.15, 0.2) is 40.3 Å². The molecule has 2 aromatic heterocycles. The largest absolute Gasteiger partial charge is 0.332 e. The van der Waals surface area contributed by atoms with Crippen molar-refractivity contribution >= 4 is 33.3 Å². The molecule has 0 aliphatic carbocycles. The number of hydrogen-bond acceptors (Lipinski definition) is 3. The van der Waals surface area contributed by atoms with Gasteiger partial charge < -0.3 is 10.2 Å². The summed E-state index contributed by atoms with van der Waals surface area (Å²) in [6.07, 6.45) is 1.72. The molecule has 0 saturated heterocycles. The molecule has 100 valence electrons. The summed E-state index contributed by atoms with van der Waals surface area (Å²) in [5.41, 5.74) is 0.850. The van der Waals surface area contributed by atoms with Gasteiger partial charge in [0.25, 0.3) is 0 Å². The predicted molar refractivity (Wildman–Crippen MR) is 80.0 cm³/mol. The number of urea groups is 1. The van der Waals surface area contributed by atoms with Crippen LogP contribution in [-0.2, 0) is 13.1 Å². The molecule has 19 heavy (non-hydrogen) atoms. The molecule has 0 atom stereocenters. The molecule has 0 fully saturated rings. The van der Waals surface area contributed by atoms with Gasteiger partial charge >= 0.3 is 6.03 Å². The van der Waals surface area contributed by atoms with Crippen LogP contribution in [0.3, 0.4) is 0 Å². The number of aromatic nitrogens is 1. The van der Waals surface area contributed by atoms with Crippen LogP contribution in [-0.4, -0.2) is 23.0 Å². The highest BCUT2D eigenvalue weighted by Gasteiger charge is 2.10. The average Bonchev–Trinajstić information content (AvgIpc) is 2.82. The minimum absolute atomic E-state index is 0.102. The van der Waals surface area contributed by atoms with E-state index in [-0.39, 0.29) is 6.03 Å². The third kappa shape index (κ3) is 4.33. The average molecular weight is 340 g/mol. The Kier molecular flexibility index (Phi) is 4.93. The van der Waals surface area contributed by atoms with Gasteiger partial charge in [-0.2, -0.15) is 0 Å². The molecule has 2 aromatic rings. The second-order valence-electron chi connectivity index (χ2n) is 4.04. The van der Waals surface area contributed by atoms with Gasteiger partial charge in [-0.25, -0.2) is 4.79 Å². The summed E-state index contributed by atoms with van der Waals surface area (Å²) in [7, 11) is 1.78. The molecule has 2 rings (SSSR count). The Morgan fingerprint density at radius 1 is 1.42 bits per heavy atom. The van der Waals surface area contributed by atoms with Crippen molar-refractivity contribution in [2.75, 3.05) is 7.05 Å². The van der Waals surface area contributed by atoms with Crippen LogP contribution >= 0.6 is 27.3 Å². The van der Waals surface area contributed by atoms with E-state index in [4.69, 9.17) is 0 Å². The van der Waals surface area contributed by atoms with E-state index in [9.17, 15) is 4.79 Å². The standard InChI is InChI=1S/C13H14BrN3OS/c1-17(9-11-5-6-12(14)19-11)13(18)16-8-10-4-2-3-7-15-10/h2-7H,8-9H2,1H3,(H,16,18). The fourth-order valence-corrected chi connectivity index (χ4v) is 3.08. The first-order chi connectivity index (χ1) is 9.15. The monoisotopic (exact) mass is 339 g/mol. The SMILES string of the molecule is CN(Cc1ccc(Br)s1)C(=O)NCc1ccccn1. The van der Waals surface area contributed by atoms with Crippen molar-refractivity contribution in [1.29, 1.82) is 0 Å². The lowest BCUT2D eigenvalue weighted by Gasteiger charge is -2.16. The Morgan fingerprint density at radius 2 is 2.26 bits per heavy atom. The molecule has 4 nitrogen and oxygen atoms in total. The van der Waals surface area contributed by atoms with Gasteiger partial charge in [0.15, 0.2) is 0 Å². The van der Waals surface area contributed by atoms with Crippen LogP contribution in [0, 0.1) is 0 Å². The Morgan fingerprint density at radius 3 is 2.89 bits per heavy atom. The zero-order chi connectivity index (χ0) is 13.7. The smallest absolute Gasteiger partial charge is 0.317 e. The Hall–Kier alpha value is -1.40. The van der Waals surface area contributed by atoms with Gasteiger partial charge in [-0.3, -0.25) is 4.98 Å². The van der Waals surface area contributed by atoms with E-state index in [0.29, 0.717) is 13.1 Å². The Bertz CT molecular complexity index is 544. The molecule has 2 heterocycles. The van der Waals surface area contributed by atoms with E-state index in [0.717, 1.165) is 14.4 Å². The molecule has 0 saturated carbocycles. The predicted octanol–water partition coefficient (Wildman–Crippen LogP) is 3.25. The minimum Gasteiger partial charge on any atom is -0.332 e. The van der Waals surface area contributed by atoms with Gasteiger partial charge in [0.05, 0.1) is 22.6 Å². The van der Waals surface area contributed by atoms with Gasteiger partial charge in [0.2, 0.25) is 0 Å². The van der Waals surface area contributed by atoms with Crippen molar-refractivity contribution in [1.82, 2.24) is 15.2 Å². The third-order valence-electron chi connectivity index (χ3n) is 2.52. The molecule has 0 aliphatic rings. The molecule has 2 amide bonds. The third-order valence-corrected chi connectivity index (χ3v) is 4.12. The van der Waals surface area contributed by atoms with Gasteiger partial charge in [0.1, 0.15) is 0 Å². The van der Waals surface area contributed by atoms with Crippen molar-refractivity contribution in [3.8, 4) is 0 Å². The zero-order valence-electron chi connectivity index (χ0n) is 10.5. The number of nitrogens with zero attached hydrogens (tertiary/aromatic N) is 2. The van der Waals surface area contributed by atoms with E-state index in [2.05, 4.69) is 26.2 Å². The van der Waals surface area contributed by atoms with Crippen LogP contribution in [0.25, 0.3) is 0 Å². The molecule has 0 spiro atoms. The number of rotatable bonds is 4. The molecule has 6 heteroatoms. The van der Waals surface area contributed by atoms with Gasteiger partial charge in [-0.05, 0) is 40.2 Å². The highest BCUT2D eigenvalue weighted by atomic mass is 79.9. The summed E-state index contributed by atoms with van der Waals surface area (Å²) in [5.74, 6) is 0. The maximum absolute atomic E-state index is 11.9. The van der Waals surface area contributed by atoms with Crippen LogP contribution < -0.4 is 5.32 Å². The fraction of sp³-hybridized carbons (Fsp3) is 0.231. The molecule has 0 unspecified atom stereocenters. The van der Waals surface area contributed by atoms with Crippen molar-refractivity contribution < 1.29 is 4.79 Å². The number of nitrogens with one attached hydrogen (secondary N) is 1. The number of pyridine rings is 1. The first-order valence-electron chi connectivity index (χ1n) is 5.78. The quantitative estimate of drug-likeness (QED) is 0.929. The summed E-state index contributed by atoms with van der Waals surface area (Å²) >= 11 is 5.04. The summed E-state index contributed by atoms with van der Waals surface area (Å²) in [6.45, 7) is 1.04. The fourth-order valence-electron chi connectivity index (χ4n) is 1.55. The minimum atomic E-state index is -0.102. The second-order valence-corrected chi connectivity index (χ2v) is 6.59. The lowest BCUT2D eigenvalue weighted by atomic mass is 10.3. The van der Waals surface area contributed by atoms with Crippen molar-refractivity contribution in [3.05, 3.63) is 50.9 Å². The first-order valence-corrected chi connectivity index (χ1v) is 7.39. The van der Waals surface area contributed by atoms with Crippen molar-refractivity contribution in [2.24, 2.45) is 0 Å². The van der Waals surface area contributed by atoms with E-state index in [1.807, 2.05) is 30.3 Å². The summed E-state index contributed by atoms with van der Waals surface area (Å²) in [4.78, 5) is 18.9. The Labute approximate surface area is 124 Å². The molecular formula is C13H14BrN3OS. The zero-order valence-corrected chi connectivity index (χ0v) is 12.9. The number of carbonyl (C=O) groups is 1.